The highest BCUT2D eigenvalue weighted by atomic mass is 35.5. The Kier molecular flexibility index (Phi) is 3.35. The molecular weight excluding hydrogens is 179 g/mol. The molecule has 66 valence electrons. The summed E-state index contributed by atoms with van der Waals surface area (Å²) in [5, 5.41) is 0. The van der Waals surface area contributed by atoms with E-state index in [2.05, 4.69) is 0 Å². The first-order chi connectivity index (χ1) is 5.74. The van der Waals surface area contributed by atoms with Crippen molar-refractivity contribution in [1.29, 1.82) is 0 Å². The molecule has 0 atom stereocenters. The molecule has 3 heteroatoms. The number of alkyl halides is 1. The minimum atomic E-state index is -0.287. The molecule has 0 aliphatic rings. The van der Waals surface area contributed by atoms with Crippen molar-refractivity contribution in [3.63, 3.8) is 0 Å². The minimum Gasteiger partial charge on any atom is -0.492 e. The molecule has 1 aromatic rings. The van der Waals surface area contributed by atoms with Gasteiger partial charge in [-0.15, -0.1) is 11.6 Å². The molecule has 0 aliphatic carbocycles. The van der Waals surface area contributed by atoms with Gasteiger partial charge in [0.2, 0.25) is 0 Å². The van der Waals surface area contributed by atoms with Gasteiger partial charge < -0.3 is 4.74 Å². The van der Waals surface area contributed by atoms with Gasteiger partial charge in [0.1, 0.15) is 18.2 Å². The van der Waals surface area contributed by atoms with Gasteiger partial charge in [-0.3, -0.25) is 0 Å². The molecule has 0 heterocycles. The van der Waals surface area contributed by atoms with Gasteiger partial charge in [0.05, 0.1) is 5.88 Å². The minimum absolute atomic E-state index is 0.287. The molecule has 0 amide bonds. The van der Waals surface area contributed by atoms with Crippen LogP contribution >= 0.6 is 11.6 Å². The van der Waals surface area contributed by atoms with E-state index in [4.69, 9.17) is 16.3 Å². The summed E-state index contributed by atoms with van der Waals surface area (Å²) in [7, 11) is 0. The van der Waals surface area contributed by atoms with Gasteiger partial charge in [-0.25, -0.2) is 4.39 Å². The standard InChI is InChI=1S/C9H10ClFO/c1-7-2-3-8(11)6-9(7)12-5-4-10/h2-3,6H,4-5H2,1H3. The van der Waals surface area contributed by atoms with Gasteiger partial charge in [-0.2, -0.15) is 0 Å². The number of hydrogen-bond donors (Lipinski definition) is 0. The number of aryl methyl sites for hydroxylation is 1. The summed E-state index contributed by atoms with van der Waals surface area (Å²) < 4.78 is 17.9. The molecular formula is C9H10ClFO. The molecule has 1 rings (SSSR count). The highest BCUT2D eigenvalue weighted by Crippen LogP contribution is 2.18. The van der Waals surface area contributed by atoms with Crippen molar-refractivity contribution in [3.05, 3.63) is 29.6 Å². The summed E-state index contributed by atoms with van der Waals surface area (Å²) in [6.45, 7) is 2.27. The molecule has 1 aromatic carbocycles. The summed E-state index contributed by atoms with van der Waals surface area (Å²) >= 11 is 5.42. The molecule has 12 heavy (non-hydrogen) atoms. The van der Waals surface area contributed by atoms with Crippen LogP contribution in [-0.2, 0) is 0 Å². The fraction of sp³-hybridized carbons (Fsp3) is 0.333. The predicted molar refractivity (Wildman–Crippen MR) is 47.4 cm³/mol. The molecule has 0 aromatic heterocycles. The van der Waals surface area contributed by atoms with E-state index in [1.54, 1.807) is 6.07 Å². The second-order valence-electron chi connectivity index (χ2n) is 2.45. The van der Waals surface area contributed by atoms with Gasteiger partial charge in [0.15, 0.2) is 0 Å². The average molecular weight is 189 g/mol. The van der Waals surface area contributed by atoms with Crippen LogP contribution in [0, 0.1) is 12.7 Å². The monoisotopic (exact) mass is 188 g/mol. The van der Waals surface area contributed by atoms with Crippen LogP contribution in [0.3, 0.4) is 0 Å². The third-order valence-electron chi connectivity index (χ3n) is 1.48. The molecule has 0 saturated heterocycles. The normalized spacial score (nSPS) is 9.92. The van der Waals surface area contributed by atoms with Gasteiger partial charge in [-0.05, 0) is 18.6 Å². The van der Waals surface area contributed by atoms with Crippen LogP contribution in [0.1, 0.15) is 5.56 Å². The maximum absolute atomic E-state index is 12.7. The lowest BCUT2D eigenvalue weighted by Gasteiger charge is -2.06. The van der Waals surface area contributed by atoms with Crippen LogP contribution in [0.5, 0.6) is 5.75 Å². The Balaban J connectivity index is 2.75. The smallest absolute Gasteiger partial charge is 0.126 e. The lowest BCUT2D eigenvalue weighted by Crippen LogP contribution is -1.99. The first-order valence-corrected chi connectivity index (χ1v) is 4.22. The fourth-order valence-corrected chi connectivity index (χ4v) is 0.955. The van der Waals surface area contributed by atoms with E-state index >= 15 is 0 Å². The number of hydrogen-bond acceptors (Lipinski definition) is 1. The van der Waals surface area contributed by atoms with Gasteiger partial charge in [0, 0.05) is 6.07 Å². The molecule has 1 nitrogen and oxygen atoms in total. The van der Waals surface area contributed by atoms with E-state index in [0.717, 1.165) is 5.56 Å². The van der Waals surface area contributed by atoms with Crippen molar-refractivity contribution in [2.24, 2.45) is 0 Å². The topological polar surface area (TPSA) is 9.23 Å². The zero-order chi connectivity index (χ0) is 8.97. The summed E-state index contributed by atoms with van der Waals surface area (Å²) in [4.78, 5) is 0. The molecule has 0 bridgehead atoms. The van der Waals surface area contributed by atoms with Crippen molar-refractivity contribution in [3.8, 4) is 5.75 Å². The fourth-order valence-electron chi connectivity index (χ4n) is 0.878. The Morgan fingerprint density at radius 3 is 2.92 bits per heavy atom. The third-order valence-corrected chi connectivity index (χ3v) is 1.64. The van der Waals surface area contributed by atoms with E-state index in [0.29, 0.717) is 18.2 Å². The zero-order valence-electron chi connectivity index (χ0n) is 6.81. The SMILES string of the molecule is Cc1ccc(F)cc1OCCCl. The highest BCUT2D eigenvalue weighted by Gasteiger charge is 1.99. The van der Waals surface area contributed by atoms with Gasteiger partial charge in [-0.1, -0.05) is 6.07 Å². The Hall–Kier alpha value is -0.760. The van der Waals surface area contributed by atoms with E-state index in [9.17, 15) is 4.39 Å². The van der Waals surface area contributed by atoms with Crippen LogP contribution in [0.15, 0.2) is 18.2 Å². The van der Waals surface area contributed by atoms with Gasteiger partial charge in [0.25, 0.3) is 0 Å². The first-order valence-electron chi connectivity index (χ1n) is 3.69. The lowest BCUT2D eigenvalue weighted by molar-refractivity contribution is 0.338. The summed E-state index contributed by atoms with van der Waals surface area (Å²) in [5.41, 5.74) is 0.918. The third kappa shape index (κ3) is 2.38. The Morgan fingerprint density at radius 1 is 1.50 bits per heavy atom. The molecule has 0 aliphatic heterocycles. The lowest BCUT2D eigenvalue weighted by atomic mass is 10.2. The van der Waals surface area contributed by atoms with Crippen LogP contribution in [-0.4, -0.2) is 12.5 Å². The summed E-state index contributed by atoms with van der Waals surface area (Å²) in [6.07, 6.45) is 0. The van der Waals surface area contributed by atoms with E-state index in [1.165, 1.54) is 12.1 Å². The summed E-state index contributed by atoms with van der Waals surface area (Å²) in [6, 6.07) is 4.45. The highest BCUT2D eigenvalue weighted by molar-refractivity contribution is 6.18. The van der Waals surface area contributed by atoms with E-state index in [1.807, 2.05) is 6.92 Å². The molecule has 0 fully saturated rings. The van der Waals surface area contributed by atoms with Crippen molar-refractivity contribution in [2.75, 3.05) is 12.5 Å². The molecule has 0 spiro atoms. The number of ether oxygens (including phenoxy) is 1. The number of benzene rings is 1. The number of rotatable bonds is 3. The Labute approximate surface area is 76.1 Å². The quantitative estimate of drug-likeness (QED) is 0.663. The van der Waals surface area contributed by atoms with Crippen LogP contribution in [0.25, 0.3) is 0 Å². The van der Waals surface area contributed by atoms with Crippen LogP contribution in [0.2, 0.25) is 0 Å². The van der Waals surface area contributed by atoms with Crippen LogP contribution in [0.4, 0.5) is 4.39 Å². The second-order valence-corrected chi connectivity index (χ2v) is 2.83. The van der Waals surface area contributed by atoms with Crippen LogP contribution < -0.4 is 4.74 Å². The van der Waals surface area contributed by atoms with Crippen molar-refractivity contribution >= 4 is 11.6 Å². The predicted octanol–water partition coefficient (Wildman–Crippen LogP) is 2.75. The molecule has 0 saturated carbocycles. The molecule has 0 radical (unpaired) electrons. The van der Waals surface area contributed by atoms with E-state index in [-0.39, 0.29) is 5.82 Å². The van der Waals surface area contributed by atoms with Gasteiger partial charge >= 0.3 is 0 Å². The maximum Gasteiger partial charge on any atom is 0.126 e. The Morgan fingerprint density at radius 2 is 2.25 bits per heavy atom. The van der Waals surface area contributed by atoms with E-state index < -0.39 is 0 Å². The largest absolute Gasteiger partial charge is 0.492 e. The second kappa shape index (κ2) is 4.31. The maximum atomic E-state index is 12.7. The Bertz CT molecular complexity index is 263. The summed E-state index contributed by atoms with van der Waals surface area (Å²) in [5.74, 6) is 0.691. The van der Waals surface area contributed by atoms with Crippen molar-refractivity contribution < 1.29 is 9.13 Å². The zero-order valence-corrected chi connectivity index (χ0v) is 7.57. The average Bonchev–Trinajstić information content (AvgIpc) is 2.07. The van der Waals surface area contributed by atoms with Crippen molar-refractivity contribution in [2.45, 2.75) is 6.92 Å². The number of halogens is 2. The molecule has 0 N–H and O–H groups in total. The molecule has 0 unspecified atom stereocenters. The first kappa shape index (κ1) is 9.33. The van der Waals surface area contributed by atoms with Crippen molar-refractivity contribution in [1.82, 2.24) is 0 Å².